The van der Waals surface area contributed by atoms with E-state index in [1.54, 1.807) is 19.9 Å². The molecule has 7 N–H and O–H groups in total. The van der Waals surface area contributed by atoms with Gasteiger partial charge in [0.1, 0.15) is 5.69 Å². The monoisotopic (exact) mass is 555 g/mol. The number of nitrogens with one attached hydrogen (secondary N) is 1. The van der Waals surface area contributed by atoms with Gasteiger partial charge in [-0.25, -0.2) is 18.7 Å². The highest BCUT2D eigenvalue weighted by Gasteiger charge is 2.39. The highest BCUT2D eigenvalue weighted by atomic mass is 32.2. The molecule has 0 bridgehead atoms. The quantitative estimate of drug-likeness (QED) is 0.156. The summed E-state index contributed by atoms with van der Waals surface area (Å²) >= 11 is 1.53. The Morgan fingerprint density at radius 2 is 1.84 bits per heavy atom. The zero-order valence-electron chi connectivity index (χ0n) is 22.1. The summed E-state index contributed by atoms with van der Waals surface area (Å²) in [7, 11) is 0. The molecule has 1 heterocycles. The van der Waals surface area contributed by atoms with E-state index >= 15 is 0 Å². The molecule has 38 heavy (non-hydrogen) atoms. The summed E-state index contributed by atoms with van der Waals surface area (Å²) in [5.41, 5.74) is 13.2. The Balaban J connectivity index is 0.000000299. The second-order valence-corrected chi connectivity index (χ2v) is 11.1. The minimum Gasteiger partial charge on any atom is -0.394 e. The Morgan fingerprint density at radius 3 is 2.45 bits per heavy atom. The lowest BCUT2D eigenvalue weighted by Gasteiger charge is -2.27. The van der Waals surface area contributed by atoms with Crippen LogP contribution in [0.3, 0.4) is 0 Å². The second kappa shape index (κ2) is 13.7. The first-order valence-electron chi connectivity index (χ1n) is 12.9. The molecule has 0 amide bonds. The highest BCUT2D eigenvalue weighted by Crippen LogP contribution is 2.40. The van der Waals surface area contributed by atoms with Crippen LogP contribution in [-0.4, -0.2) is 63.2 Å². The maximum atomic E-state index is 12.6. The molecule has 0 saturated heterocycles. The zero-order chi connectivity index (χ0) is 27.9. The van der Waals surface area contributed by atoms with E-state index in [1.165, 1.54) is 23.9 Å². The molecule has 2 fully saturated rings. The molecule has 4 rings (SSSR count). The van der Waals surface area contributed by atoms with Crippen LogP contribution in [0.2, 0.25) is 0 Å². The molecule has 2 aliphatic carbocycles. The van der Waals surface area contributed by atoms with Crippen molar-refractivity contribution < 1.29 is 28.5 Å². The smallest absolute Gasteiger partial charge is 0.191 e. The minimum absolute atomic E-state index is 0.0262. The van der Waals surface area contributed by atoms with Gasteiger partial charge in [0.2, 0.25) is 0 Å². The van der Waals surface area contributed by atoms with E-state index in [-0.39, 0.29) is 37.3 Å². The number of benzene rings is 1. The minimum atomic E-state index is -1.28. The third-order valence-corrected chi connectivity index (χ3v) is 7.09. The van der Waals surface area contributed by atoms with Crippen LogP contribution in [0.5, 0.6) is 0 Å². The van der Waals surface area contributed by atoms with Crippen LogP contribution in [0.25, 0.3) is 0 Å². The number of nitrogens with zero attached hydrogens (tertiary/aromatic N) is 2. The number of aliphatic hydroxyl groups is 2. The van der Waals surface area contributed by atoms with E-state index in [0.717, 1.165) is 30.6 Å². The average Bonchev–Trinajstić information content (AvgIpc) is 3.63. The van der Waals surface area contributed by atoms with Crippen molar-refractivity contribution in [2.24, 2.45) is 0 Å². The molecular weight excluding hydrogens is 516 g/mol. The van der Waals surface area contributed by atoms with Gasteiger partial charge in [0.25, 0.3) is 0 Å². The lowest BCUT2D eigenvalue weighted by atomic mass is 10.1. The normalized spacial score (nSPS) is 21.2. The number of thioether (sulfide) groups is 1. The molecule has 2 unspecified atom stereocenters. The number of ether oxygens (including phenoxy) is 2. The molecule has 1 aromatic carbocycles. The SMILES string of the molecule is CCCSc1nc(N)c(N)c(NC2CC(OCCO)[C@@H](OC(C)(C)O)C2)n1.Fc1ccc(C2CC2)cc1F. The first kappa shape index (κ1) is 30.3. The first-order chi connectivity index (χ1) is 18.0. The Hall–Kier alpha value is -2.25. The van der Waals surface area contributed by atoms with Gasteiger partial charge < -0.3 is 36.5 Å². The van der Waals surface area contributed by atoms with Gasteiger partial charge in [0, 0.05) is 11.8 Å². The number of nitrogens with two attached hydrogens (primary N) is 2. The van der Waals surface area contributed by atoms with Gasteiger partial charge >= 0.3 is 0 Å². The van der Waals surface area contributed by atoms with Crippen molar-refractivity contribution in [3.8, 4) is 0 Å². The zero-order valence-corrected chi connectivity index (χ0v) is 22.9. The number of rotatable bonds is 11. The van der Waals surface area contributed by atoms with Gasteiger partial charge in [-0.2, -0.15) is 0 Å². The maximum Gasteiger partial charge on any atom is 0.191 e. The topological polar surface area (TPSA) is 149 Å². The van der Waals surface area contributed by atoms with Crippen LogP contribution in [0.4, 0.5) is 26.1 Å². The number of hydrogen-bond donors (Lipinski definition) is 5. The van der Waals surface area contributed by atoms with Crippen LogP contribution >= 0.6 is 11.8 Å². The van der Waals surface area contributed by atoms with Crippen molar-refractivity contribution in [3.05, 3.63) is 35.4 Å². The van der Waals surface area contributed by atoms with Gasteiger partial charge in [-0.3, -0.25) is 0 Å². The van der Waals surface area contributed by atoms with Crippen LogP contribution in [0, 0.1) is 11.6 Å². The Morgan fingerprint density at radius 1 is 1.13 bits per heavy atom. The number of aliphatic hydroxyl groups excluding tert-OH is 1. The number of aromatic nitrogens is 2. The third kappa shape index (κ3) is 9.19. The molecule has 212 valence electrons. The lowest BCUT2D eigenvalue weighted by Crippen LogP contribution is -2.36. The molecule has 3 atom stereocenters. The highest BCUT2D eigenvalue weighted by molar-refractivity contribution is 7.99. The molecule has 0 radical (unpaired) electrons. The maximum absolute atomic E-state index is 12.6. The van der Waals surface area contributed by atoms with E-state index < -0.39 is 17.4 Å². The molecule has 0 spiro atoms. The fourth-order valence-corrected chi connectivity index (χ4v) is 4.87. The summed E-state index contributed by atoms with van der Waals surface area (Å²) in [4.78, 5) is 8.70. The number of anilines is 3. The number of nitrogen functional groups attached to an aromatic ring is 2. The molecule has 12 heteroatoms. The van der Waals surface area contributed by atoms with Crippen LogP contribution < -0.4 is 16.8 Å². The Labute approximate surface area is 226 Å². The molecular formula is C26H39F2N5O4S. The van der Waals surface area contributed by atoms with Gasteiger partial charge in [-0.15, -0.1) is 0 Å². The van der Waals surface area contributed by atoms with Crippen molar-refractivity contribution in [1.29, 1.82) is 0 Å². The van der Waals surface area contributed by atoms with Crippen LogP contribution in [-0.2, 0) is 9.47 Å². The van der Waals surface area contributed by atoms with Crippen molar-refractivity contribution in [2.75, 3.05) is 35.8 Å². The average molecular weight is 556 g/mol. The summed E-state index contributed by atoms with van der Waals surface area (Å²) < 4.78 is 36.4. The predicted octanol–water partition coefficient (Wildman–Crippen LogP) is 4.05. The predicted molar refractivity (Wildman–Crippen MR) is 145 cm³/mol. The summed E-state index contributed by atoms with van der Waals surface area (Å²) in [6.07, 6.45) is 3.89. The Bertz CT molecular complexity index is 1060. The van der Waals surface area contributed by atoms with Crippen molar-refractivity contribution in [2.45, 2.75) is 88.0 Å². The van der Waals surface area contributed by atoms with Crippen molar-refractivity contribution >= 4 is 29.1 Å². The van der Waals surface area contributed by atoms with Crippen molar-refractivity contribution in [1.82, 2.24) is 9.97 Å². The van der Waals surface area contributed by atoms with Gasteiger partial charge in [-0.05, 0) is 69.6 Å². The Kier molecular flexibility index (Phi) is 10.9. The molecule has 2 aromatic rings. The molecule has 1 aromatic heterocycles. The van der Waals surface area contributed by atoms with E-state index in [9.17, 15) is 13.9 Å². The largest absolute Gasteiger partial charge is 0.394 e. The first-order valence-corrected chi connectivity index (χ1v) is 13.9. The third-order valence-electron chi connectivity index (χ3n) is 6.03. The lowest BCUT2D eigenvalue weighted by molar-refractivity contribution is -0.224. The van der Waals surface area contributed by atoms with E-state index in [2.05, 4.69) is 22.2 Å². The van der Waals surface area contributed by atoms with Crippen LogP contribution in [0.15, 0.2) is 23.4 Å². The fraction of sp³-hybridized carbons (Fsp3) is 0.615. The summed E-state index contributed by atoms with van der Waals surface area (Å²) in [5, 5.41) is 22.9. The summed E-state index contributed by atoms with van der Waals surface area (Å²) in [6, 6.07) is 4.13. The van der Waals surface area contributed by atoms with Gasteiger partial charge in [0.05, 0.1) is 25.4 Å². The fourth-order valence-electron chi connectivity index (χ4n) is 4.16. The van der Waals surface area contributed by atoms with E-state index in [0.29, 0.717) is 35.4 Å². The number of hydrogen-bond acceptors (Lipinski definition) is 10. The molecule has 2 aliphatic rings. The van der Waals surface area contributed by atoms with Crippen molar-refractivity contribution in [3.63, 3.8) is 0 Å². The van der Waals surface area contributed by atoms with E-state index in [4.69, 9.17) is 26.0 Å². The standard InChI is InChI=1S/C17H31N5O4S.C9H8F2/c1-4-7-27-16-21-14(19)13(18)15(22-16)20-10-8-11(25-6-5-23)12(9-10)26-17(2,3)24;10-8-4-3-7(5-9(8)11)6-1-2-6/h10-12,23-24H,4-9,18H2,1-3H3,(H3,19,20,21,22);3-6H,1-2H2/t10?,11?,12-;/m0./s1. The van der Waals surface area contributed by atoms with Gasteiger partial charge in [-0.1, -0.05) is 24.8 Å². The second-order valence-electron chi connectivity index (χ2n) is 10.00. The van der Waals surface area contributed by atoms with E-state index in [1.807, 2.05) is 0 Å². The van der Waals surface area contributed by atoms with Crippen LogP contribution in [0.1, 0.15) is 64.4 Å². The molecule has 9 nitrogen and oxygen atoms in total. The van der Waals surface area contributed by atoms with Gasteiger partial charge in [0.15, 0.2) is 34.2 Å². The summed E-state index contributed by atoms with van der Waals surface area (Å²) in [5.74, 6) is -0.626. The molecule has 0 aliphatic heterocycles. The number of halogens is 2. The summed E-state index contributed by atoms with van der Waals surface area (Å²) in [6.45, 7) is 5.38. The molecule has 2 saturated carbocycles.